The van der Waals surface area contributed by atoms with Gasteiger partial charge < -0.3 is 14.8 Å². The van der Waals surface area contributed by atoms with E-state index in [1.807, 2.05) is 70.2 Å². The van der Waals surface area contributed by atoms with Gasteiger partial charge in [0.2, 0.25) is 0 Å². The number of aryl methyl sites for hydroxylation is 1. The van der Waals surface area contributed by atoms with Crippen LogP contribution in [0.3, 0.4) is 0 Å². The Kier molecular flexibility index (Phi) is 7.92. The monoisotopic (exact) mass is 509 g/mol. The smallest absolute Gasteiger partial charge is 0.340 e. The topological polar surface area (TPSA) is 64.6 Å². The summed E-state index contributed by atoms with van der Waals surface area (Å²) in [7, 11) is 0. The molecule has 0 aliphatic heterocycles. The highest BCUT2D eigenvalue weighted by molar-refractivity contribution is 9.09. The Morgan fingerprint density at radius 2 is 1.61 bits per heavy atom. The molecular formula is C27H28BrNO4. The van der Waals surface area contributed by atoms with Crippen LogP contribution in [0.25, 0.3) is 11.1 Å². The van der Waals surface area contributed by atoms with E-state index >= 15 is 0 Å². The Labute approximate surface area is 203 Å². The van der Waals surface area contributed by atoms with Gasteiger partial charge in [0, 0.05) is 10.9 Å². The zero-order chi connectivity index (χ0) is 24.0. The Bertz CT molecular complexity index is 1140. The summed E-state index contributed by atoms with van der Waals surface area (Å²) in [5.74, 6) is -0.105. The molecule has 3 aromatic rings. The maximum Gasteiger partial charge on any atom is 0.340 e. The lowest BCUT2D eigenvalue weighted by Gasteiger charge is -2.21. The number of hydrogen-bond donors (Lipinski definition) is 1. The first-order valence-corrected chi connectivity index (χ1v) is 11.8. The van der Waals surface area contributed by atoms with Gasteiger partial charge in [0.25, 0.3) is 5.91 Å². The standard InChI is InChI=1S/C27H28BrNO4/c1-18-16-21(32-15-14-28)11-13-22(18)25(30)29-24-17-20(19-8-6-5-7-9-19)10-12-23(24)26(31)33-27(2,3)4/h5-13,16-17H,14-15H2,1-4H3,(H,29,30). The van der Waals surface area contributed by atoms with Crippen LogP contribution in [0.4, 0.5) is 5.69 Å². The average Bonchev–Trinajstić information content (AvgIpc) is 2.77. The SMILES string of the molecule is Cc1cc(OCCBr)ccc1C(=O)Nc1cc(-c2ccccc2)ccc1C(=O)OC(C)(C)C. The van der Waals surface area contributed by atoms with Crippen molar-refractivity contribution in [2.75, 3.05) is 17.3 Å². The molecule has 1 N–H and O–H groups in total. The van der Waals surface area contributed by atoms with Gasteiger partial charge >= 0.3 is 5.97 Å². The summed E-state index contributed by atoms with van der Waals surface area (Å²) < 4.78 is 11.2. The predicted molar refractivity (Wildman–Crippen MR) is 135 cm³/mol. The predicted octanol–water partition coefficient (Wildman–Crippen LogP) is 6.64. The lowest BCUT2D eigenvalue weighted by atomic mass is 10.0. The van der Waals surface area contributed by atoms with Gasteiger partial charge in [-0.2, -0.15) is 0 Å². The fourth-order valence-electron chi connectivity index (χ4n) is 3.30. The molecule has 3 aromatic carbocycles. The average molecular weight is 510 g/mol. The van der Waals surface area contributed by atoms with Gasteiger partial charge in [-0.1, -0.05) is 52.3 Å². The van der Waals surface area contributed by atoms with E-state index in [1.165, 1.54) is 0 Å². The number of halogens is 1. The number of amides is 1. The Hall–Kier alpha value is -3.12. The van der Waals surface area contributed by atoms with Gasteiger partial charge in [0.05, 0.1) is 17.9 Å². The van der Waals surface area contributed by atoms with Crippen molar-refractivity contribution in [2.24, 2.45) is 0 Å². The number of benzene rings is 3. The van der Waals surface area contributed by atoms with Gasteiger partial charge in [0.1, 0.15) is 11.4 Å². The van der Waals surface area contributed by atoms with E-state index in [9.17, 15) is 9.59 Å². The minimum Gasteiger partial charge on any atom is -0.493 e. The molecule has 1 amide bonds. The van der Waals surface area contributed by atoms with E-state index in [2.05, 4.69) is 21.2 Å². The molecule has 0 spiro atoms. The summed E-state index contributed by atoms with van der Waals surface area (Å²) in [5, 5.41) is 3.64. The third kappa shape index (κ3) is 6.68. The lowest BCUT2D eigenvalue weighted by molar-refractivity contribution is 0.00708. The molecule has 0 aliphatic rings. The number of anilines is 1. The number of hydrogen-bond acceptors (Lipinski definition) is 4. The van der Waals surface area contributed by atoms with Crippen molar-refractivity contribution in [2.45, 2.75) is 33.3 Å². The van der Waals surface area contributed by atoms with E-state index in [0.29, 0.717) is 29.2 Å². The maximum atomic E-state index is 13.2. The second kappa shape index (κ2) is 10.7. The fraction of sp³-hybridized carbons (Fsp3) is 0.259. The van der Waals surface area contributed by atoms with Gasteiger partial charge in [-0.05, 0) is 74.7 Å². The molecule has 6 heteroatoms. The zero-order valence-electron chi connectivity index (χ0n) is 19.3. The van der Waals surface area contributed by atoms with E-state index in [0.717, 1.165) is 22.0 Å². The summed E-state index contributed by atoms with van der Waals surface area (Å²) in [4.78, 5) is 26.0. The second-order valence-corrected chi connectivity index (χ2v) is 9.39. The molecule has 0 unspecified atom stereocenters. The van der Waals surface area contributed by atoms with Crippen molar-refractivity contribution in [1.82, 2.24) is 0 Å². The minimum atomic E-state index is -0.655. The summed E-state index contributed by atoms with van der Waals surface area (Å²) in [6.07, 6.45) is 0. The largest absolute Gasteiger partial charge is 0.493 e. The lowest BCUT2D eigenvalue weighted by Crippen LogP contribution is -2.25. The number of carbonyl (C=O) groups excluding carboxylic acids is 2. The van der Waals surface area contributed by atoms with Crippen molar-refractivity contribution in [1.29, 1.82) is 0 Å². The van der Waals surface area contributed by atoms with Crippen molar-refractivity contribution >= 4 is 33.5 Å². The van der Waals surface area contributed by atoms with Crippen molar-refractivity contribution < 1.29 is 19.1 Å². The summed E-state index contributed by atoms with van der Waals surface area (Å²) >= 11 is 3.33. The molecule has 0 radical (unpaired) electrons. The normalized spacial score (nSPS) is 11.1. The van der Waals surface area contributed by atoms with E-state index in [4.69, 9.17) is 9.47 Å². The van der Waals surface area contributed by atoms with E-state index < -0.39 is 11.6 Å². The molecule has 0 atom stereocenters. The van der Waals surface area contributed by atoms with Crippen molar-refractivity contribution in [3.63, 3.8) is 0 Å². The molecule has 0 saturated heterocycles. The summed E-state index contributed by atoms with van der Waals surface area (Å²) in [5.41, 5.74) is 3.18. The van der Waals surface area contributed by atoms with Gasteiger partial charge in [0.15, 0.2) is 0 Å². The van der Waals surface area contributed by atoms with Gasteiger partial charge in [-0.15, -0.1) is 0 Å². The Balaban J connectivity index is 1.95. The van der Waals surface area contributed by atoms with Crippen LogP contribution in [0, 0.1) is 6.92 Å². The van der Waals surface area contributed by atoms with E-state index in [1.54, 1.807) is 24.3 Å². The third-order valence-corrected chi connectivity index (χ3v) is 5.11. The minimum absolute atomic E-state index is 0.299. The highest BCUT2D eigenvalue weighted by Gasteiger charge is 2.22. The summed E-state index contributed by atoms with van der Waals surface area (Å²) in [6, 6.07) is 20.4. The zero-order valence-corrected chi connectivity index (χ0v) is 20.9. The molecule has 0 saturated carbocycles. The molecule has 0 heterocycles. The quantitative estimate of drug-likeness (QED) is 0.286. The molecule has 3 rings (SSSR count). The number of nitrogens with one attached hydrogen (secondary N) is 1. The molecule has 0 aliphatic carbocycles. The first-order valence-electron chi connectivity index (χ1n) is 10.7. The molecule has 0 aromatic heterocycles. The van der Waals surface area contributed by atoms with Crippen LogP contribution in [0.5, 0.6) is 5.75 Å². The Morgan fingerprint density at radius 3 is 2.24 bits per heavy atom. The highest BCUT2D eigenvalue weighted by atomic mass is 79.9. The third-order valence-electron chi connectivity index (χ3n) is 4.78. The number of esters is 1. The summed E-state index contributed by atoms with van der Waals surface area (Å²) in [6.45, 7) is 7.82. The second-order valence-electron chi connectivity index (χ2n) is 8.60. The van der Waals surface area contributed by atoms with Crippen LogP contribution in [-0.2, 0) is 4.74 Å². The van der Waals surface area contributed by atoms with Gasteiger partial charge in [-0.3, -0.25) is 4.79 Å². The van der Waals surface area contributed by atoms with Crippen LogP contribution in [0.1, 0.15) is 47.1 Å². The van der Waals surface area contributed by atoms with Crippen LogP contribution in [-0.4, -0.2) is 29.4 Å². The molecular weight excluding hydrogens is 482 g/mol. The molecule has 5 nitrogen and oxygen atoms in total. The Morgan fingerprint density at radius 1 is 0.909 bits per heavy atom. The first-order chi connectivity index (χ1) is 15.7. The number of alkyl halides is 1. The van der Waals surface area contributed by atoms with Crippen LogP contribution in [0.2, 0.25) is 0 Å². The van der Waals surface area contributed by atoms with Crippen LogP contribution < -0.4 is 10.1 Å². The molecule has 33 heavy (non-hydrogen) atoms. The highest BCUT2D eigenvalue weighted by Crippen LogP contribution is 2.28. The number of rotatable bonds is 7. The maximum absolute atomic E-state index is 13.2. The van der Waals surface area contributed by atoms with E-state index in [-0.39, 0.29) is 5.91 Å². The van der Waals surface area contributed by atoms with Crippen LogP contribution in [0.15, 0.2) is 66.7 Å². The molecule has 0 fully saturated rings. The van der Waals surface area contributed by atoms with Crippen molar-refractivity contribution in [3.05, 3.63) is 83.4 Å². The molecule has 0 bridgehead atoms. The number of carbonyl (C=O) groups is 2. The first kappa shape index (κ1) is 24.5. The molecule has 172 valence electrons. The van der Waals surface area contributed by atoms with Crippen molar-refractivity contribution in [3.8, 4) is 16.9 Å². The van der Waals surface area contributed by atoms with Crippen LogP contribution >= 0.6 is 15.9 Å². The number of ether oxygens (including phenoxy) is 2. The fourth-order valence-corrected chi connectivity index (χ4v) is 3.46. The van der Waals surface area contributed by atoms with Gasteiger partial charge in [-0.25, -0.2) is 4.79 Å².